The number of hydrogen-bond donors (Lipinski definition) is 1. The molecule has 1 saturated heterocycles. The first-order valence-corrected chi connectivity index (χ1v) is 7.69. The van der Waals surface area contributed by atoms with Crippen LogP contribution in [0.5, 0.6) is 0 Å². The molecule has 0 aromatic heterocycles. The molecule has 1 aliphatic heterocycles. The molecule has 1 fully saturated rings. The van der Waals surface area contributed by atoms with Crippen molar-refractivity contribution in [3.05, 3.63) is 0 Å². The molecule has 1 aliphatic rings. The minimum absolute atomic E-state index is 0.163. The number of nitrogens with two attached hydrogens (primary N) is 1. The Morgan fingerprint density at radius 3 is 2.74 bits per heavy atom. The van der Waals surface area contributed by atoms with E-state index >= 15 is 0 Å². The second kappa shape index (κ2) is 8.54. The highest BCUT2D eigenvalue weighted by molar-refractivity contribution is 5.76. The van der Waals surface area contributed by atoms with Crippen molar-refractivity contribution in [2.75, 3.05) is 19.7 Å². The molecule has 112 valence electrons. The Morgan fingerprint density at radius 1 is 1.37 bits per heavy atom. The monoisotopic (exact) mass is 270 g/mol. The van der Waals surface area contributed by atoms with Gasteiger partial charge in [-0.1, -0.05) is 19.8 Å². The third-order valence-electron chi connectivity index (χ3n) is 3.97. The quantitative estimate of drug-likeness (QED) is 0.771. The van der Waals surface area contributed by atoms with Crippen molar-refractivity contribution in [3.8, 4) is 0 Å². The van der Waals surface area contributed by atoms with Crippen LogP contribution in [0.15, 0.2) is 0 Å². The topological polar surface area (TPSA) is 55.6 Å². The molecule has 0 spiro atoms. The zero-order valence-corrected chi connectivity index (χ0v) is 12.7. The average Bonchev–Trinajstić information content (AvgIpc) is 2.39. The minimum atomic E-state index is 0.163. The summed E-state index contributed by atoms with van der Waals surface area (Å²) < 4.78 is 5.56. The van der Waals surface area contributed by atoms with Gasteiger partial charge in [0.15, 0.2) is 0 Å². The number of amides is 1. The summed E-state index contributed by atoms with van der Waals surface area (Å²) in [5, 5.41) is 0. The first kappa shape index (κ1) is 16.4. The molecule has 3 atom stereocenters. The standard InChI is InChI=1S/C15H30N2O2/c1-4-5-14(8-9-16)6-7-15(18)17-10-13(3)19-11-12(17)2/h12-14H,4-11,16H2,1-3H3. The fraction of sp³-hybridized carbons (Fsp3) is 0.933. The molecule has 2 N–H and O–H groups in total. The Labute approximate surface area is 117 Å². The van der Waals surface area contributed by atoms with Gasteiger partial charge in [0.2, 0.25) is 5.91 Å². The maximum Gasteiger partial charge on any atom is 0.222 e. The fourth-order valence-electron chi connectivity index (χ4n) is 2.80. The van der Waals surface area contributed by atoms with Gasteiger partial charge in [-0.2, -0.15) is 0 Å². The summed E-state index contributed by atoms with van der Waals surface area (Å²) in [6, 6.07) is 0.211. The van der Waals surface area contributed by atoms with Gasteiger partial charge >= 0.3 is 0 Å². The van der Waals surface area contributed by atoms with Crippen molar-refractivity contribution in [3.63, 3.8) is 0 Å². The molecule has 4 heteroatoms. The van der Waals surface area contributed by atoms with Crippen molar-refractivity contribution in [2.45, 2.75) is 65.0 Å². The number of hydrogen-bond acceptors (Lipinski definition) is 3. The van der Waals surface area contributed by atoms with E-state index in [0.717, 1.165) is 25.9 Å². The molecule has 0 aliphatic carbocycles. The zero-order valence-electron chi connectivity index (χ0n) is 12.7. The SMILES string of the molecule is CCCC(CCN)CCC(=O)N1CC(C)OCC1C. The first-order valence-electron chi connectivity index (χ1n) is 7.69. The summed E-state index contributed by atoms with van der Waals surface area (Å²) >= 11 is 0. The predicted octanol–water partition coefficient (Wildman–Crippen LogP) is 2.17. The van der Waals surface area contributed by atoms with Crippen LogP contribution in [0.1, 0.15) is 52.9 Å². The van der Waals surface area contributed by atoms with E-state index in [1.54, 1.807) is 0 Å². The van der Waals surface area contributed by atoms with E-state index in [2.05, 4.69) is 13.8 Å². The van der Waals surface area contributed by atoms with Gasteiger partial charge in [-0.05, 0) is 39.2 Å². The molecule has 1 heterocycles. The van der Waals surface area contributed by atoms with E-state index in [4.69, 9.17) is 10.5 Å². The molecule has 0 aromatic carbocycles. The molecular formula is C15H30N2O2. The van der Waals surface area contributed by atoms with Crippen molar-refractivity contribution < 1.29 is 9.53 Å². The highest BCUT2D eigenvalue weighted by Crippen LogP contribution is 2.19. The number of carbonyl (C=O) groups is 1. The van der Waals surface area contributed by atoms with Crippen molar-refractivity contribution in [1.82, 2.24) is 4.90 Å². The molecule has 0 saturated carbocycles. The summed E-state index contributed by atoms with van der Waals surface area (Å²) in [7, 11) is 0. The third kappa shape index (κ3) is 5.49. The number of ether oxygens (including phenoxy) is 1. The van der Waals surface area contributed by atoms with Gasteiger partial charge < -0.3 is 15.4 Å². The zero-order chi connectivity index (χ0) is 14.3. The molecule has 0 bridgehead atoms. The Morgan fingerprint density at radius 2 is 2.11 bits per heavy atom. The van der Waals surface area contributed by atoms with Crippen LogP contribution >= 0.6 is 0 Å². The normalized spacial score (nSPS) is 25.4. The van der Waals surface area contributed by atoms with Crippen molar-refractivity contribution in [2.24, 2.45) is 11.7 Å². The van der Waals surface area contributed by atoms with E-state index in [1.165, 1.54) is 12.8 Å². The summed E-state index contributed by atoms with van der Waals surface area (Å²) in [4.78, 5) is 14.3. The number of carbonyl (C=O) groups excluding carboxylic acids is 1. The number of rotatable bonds is 7. The molecule has 1 rings (SSSR count). The van der Waals surface area contributed by atoms with Crippen molar-refractivity contribution in [1.29, 1.82) is 0 Å². The van der Waals surface area contributed by atoms with Gasteiger partial charge in [-0.15, -0.1) is 0 Å². The maximum atomic E-state index is 12.3. The van der Waals surface area contributed by atoms with Gasteiger partial charge in [0.05, 0.1) is 18.8 Å². The minimum Gasteiger partial charge on any atom is -0.375 e. The van der Waals surface area contributed by atoms with Crippen LogP contribution in [-0.2, 0) is 9.53 Å². The predicted molar refractivity (Wildman–Crippen MR) is 77.9 cm³/mol. The molecule has 4 nitrogen and oxygen atoms in total. The van der Waals surface area contributed by atoms with E-state index in [1.807, 2.05) is 11.8 Å². The number of morpholine rings is 1. The molecule has 0 aromatic rings. The lowest BCUT2D eigenvalue weighted by Crippen LogP contribution is -2.50. The Balaban J connectivity index is 2.40. The summed E-state index contributed by atoms with van der Waals surface area (Å²) in [6.45, 7) is 8.40. The van der Waals surface area contributed by atoms with Crippen molar-refractivity contribution >= 4 is 5.91 Å². The summed E-state index contributed by atoms with van der Waals surface area (Å²) in [5.74, 6) is 0.883. The van der Waals surface area contributed by atoms with E-state index in [-0.39, 0.29) is 18.1 Å². The van der Waals surface area contributed by atoms with Gasteiger partial charge in [-0.3, -0.25) is 4.79 Å². The van der Waals surface area contributed by atoms with Crippen LogP contribution in [0.25, 0.3) is 0 Å². The Bertz CT molecular complexity index is 265. The van der Waals surface area contributed by atoms with Gasteiger partial charge in [0.1, 0.15) is 0 Å². The second-order valence-corrected chi connectivity index (χ2v) is 5.81. The third-order valence-corrected chi connectivity index (χ3v) is 3.97. The molecule has 3 unspecified atom stereocenters. The van der Waals surface area contributed by atoms with Gasteiger partial charge in [0, 0.05) is 13.0 Å². The highest BCUT2D eigenvalue weighted by atomic mass is 16.5. The van der Waals surface area contributed by atoms with Crippen LogP contribution in [0, 0.1) is 5.92 Å². The lowest BCUT2D eigenvalue weighted by molar-refractivity contribution is -0.143. The smallest absolute Gasteiger partial charge is 0.222 e. The van der Waals surface area contributed by atoms with E-state index in [9.17, 15) is 4.79 Å². The molecule has 19 heavy (non-hydrogen) atoms. The van der Waals surface area contributed by atoms with Crippen LogP contribution in [0.2, 0.25) is 0 Å². The van der Waals surface area contributed by atoms with Gasteiger partial charge in [0.25, 0.3) is 0 Å². The first-order chi connectivity index (χ1) is 9.08. The Hall–Kier alpha value is -0.610. The summed E-state index contributed by atoms with van der Waals surface area (Å²) in [6.07, 6.45) is 5.18. The number of nitrogens with zero attached hydrogens (tertiary/aromatic N) is 1. The lowest BCUT2D eigenvalue weighted by Gasteiger charge is -2.37. The van der Waals surface area contributed by atoms with Gasteiger partial charge in [-0.25, -0.2) is 0 Å². The molecule has 0 radical (unpaired) electrons. The highest BCUT2D eigenvalue weighted by Gasteiger charge is 2.27. The molecule has 1 amide bonds. The van der Waals surface area contributed by atoms with Crippen LogP contribution < -0.4 is 5.73 Å². The van der Waals surface area contributed by atoms with E-state index in [0.29, 0.717) is 18.9 Å². The Kier molecular flexibility index (Phi) is 7.39. The van der Waals surface area contributed by atoms with E-state index < -0.39 is 0 Å². The summed E-state index contributed by atoms with van der Waals surface area (Å²) in [5.41, 5.74) is 5.64. The molecular weight excluding hydrogens is 240 g/mol. The van der Waals surface area contributed by atoms with Crippen LogP contribution in [0.3, 0.4) is 0 Å². The largest absolute Gasteiger partial charge is 0.375 e. The van der Waals surface area contributed by atoms with Crippen LogP contribution in [-0.4, -0.2) is 42.6 Å². The average molecular weight is 270 g/mol. The maximum absolute atomic E-state index is 12.3. The van der Waals surface area contributed by atoms with Crippen LogP contribution in [0.4, 0.5) is 0 Å². The fourth-order valence-corrected chi connectivity index (χ4v) is 2.80. The lowest BCUT2D eigenvalue weighted by atomic mass is 9.94. The second-order valence-electron chi connectivity index (χ2n) is 5.81.